The number of benzene rings is 1. The summed E-state index contributed by atoms with van der Waals surface area (Å²) in [6.07, 6.45) is 0. The molecule has 1 aromatic carbocycles. The highest BCUT2D eigenvalue weighted by atomic mass is 16.5. The number of nitrogens with one attached hydrogen (secondary N) is 1. The Morgan fingerprint density at radius 2 is 1.71 bits per heavy atom. The molecule has 1 aromatic heterocycles. The molecule has 0 amide bonds. The van der Waals surface area contributed by atoms with E-state index >= 15 is 0 Å². The standard InChI is InChI=1S/C13H16N2O2/c1-8-5-13(14-2)15-10-7-12(17-4)11(16-3)6-9(8)10/h5-7H,1-4H3,(H,14,15). The number of aromatic nitrogens is 1. The summed E-state index contributed by atoms with van der Waals surface area (Å²) >= 11 is 0. The van der Waals surface area contributed by atoms with Gasteiger partial charge in [-0.05, 0) is 24.6 Å². The Balaban J connectivity index is 2.73. The smallest absolute Gasteiger partial charge is 0.162 e. The first kappa shape index (κ1) is 11.5. The van der Waals surface area contributed by atoms with Gasteiger partial charge in [0.1, 0.15) is 5.82 Å². The van der Waals surface area contributed by atoms with Gasteiger partial charge in [-0.2, -0.15) is 0 Å². The molecule has 0 fully saturated rings. The van der Waals surface area contributed by atoms with Crippen LogP contribution in [0.4, 0.5) is 5.82 Å². The van der Waals surface area contributed by atoms with E-state index in [0.29, 0.717) is 5.75 Å². The van der Waals surface area contributed by atoms with Crippen LogP contribution in [0.2, 0.25) is 0 Å². The Morgan fingerprint density at radius 1 is 1.06 bits per heavy atom. The number of hydrogen-bond donors (Lipinski definition) is 1. The molecule has 4 heteroatoms. The minimum absolute atomic E-state index is 0.695. The van der Waals surface area contributed by atoms with Gasteiger partial charge in [-0.1, -0.05) is 0 Å². The summed E-state index contributed by atoms with van der Waals surface area (Å²) in [7, 11) is 5.11. The predicted octanol–water partition coefficient (Wildman–Crippen LogP) is 2.60. The summed E-state index contributed by atoms with van der Waals surface area (Å²) in [5.74, 6) is 2.27. The summed E-state index contributed by atoms with van der Waals surface area (Å²) in [6.45, 7) is 2.05. The molecule has 17 heavy (non-hydrogen) atoms. The van der Waals surface area contributed by atoms with Crippen molar-refractivity contribution in [3.63, 3.8) is 0 Å². The van der Waals surface area contributed by atoms with Gasteiger partial charge < -0.3 is 14.8 Å². The number of methoxy groups -OCH3 is 2. The molecular formula is C13H16N2O2. The van der Waals surface area contributed by atoms with Gasteiger partial charge in [0.25, 0.3) is 0 Å². The van der Waals surface area contributed by atoms with E-state index in [1.165, 1.54) is 0 Å². The zero-order valence-corrected chi connectivity index (χ0v) is 10.5. The van der Waals surface area contributed by atoms with Gasteiger partial charge in [0.05, 0.1) is 19.7 Å². The van der Waals surface area contributed by atoms with E-state index in [2.05, 4.69) is 17.2 Å². The molecule has 0 atom stereocenters. The molecule has 4 nitrogen and oxygen atoms in total. The number of anilines is 1. The van der Waals surface area contributed by atoms with Gasteiger partial charge in [-0.3, -0.25) is 0 Å². The van der Waals surface area contributed by atoms with E-state index in [9.17, 15) is 0 Å². The monoisotopic (exact) mass is 232 g/mol. The molecule has 90 valence electrons. The van der Waals surface area contributed by atoms with E-state index < -0.39 is 0 Å². The van der Waals surface area contributed by atoms with Gasteiger partial charge in [-0.15, -0.1) is 0 Å². The van der Waals surface area contributed by atoms with Crippen LogP contribution in [-0.4, -0.2) is 26.3 Å². The fourth-order valence-corrected chi connectivity index (χ4v) is 1.85. The lowest BCUT2D eigenvalue weighted by Gasteiger charge is -2.11. The van der Waals surface area contributed by atoms with Crippen molar-refractivity contribution < 1.29 is 9.47 Å². The van der Waals surface area contributed by atoms with Crippen LogP contribution in [0.25, 0.3) is 10.9 Å². The zero-order valence-electron chi connectivity index (χ0n) is 10.5. The first-order valence-corrected chi connectivity index (χ1v) is 5.40. The summed E-state index contributed by atoms with van der Waals surface area (Å²) in [5.41, 5.74) is 2.05. The van der Waals surface area contributed by atoms with Crippen molar-refractivity contribution >= 4 is 16.7 Å². The van der Waals surface area contributed by atoms with E-state index in [0.717, 1.165) is 28.0 Å². The van der Waals surface area contributed by atoms with Crippen LogP contribution in [0.3, 0.4) is 0 Å². The van der Waals surface area contributed by atoms with Gasteiger partial charge in [0.15, 0.2) is 11.5 Å². The van der Waals surface area contributed by atoms with Gasteiger partial charge in [0.2, 0.25) is 0 Å². The van der Waals surface area contributed by atoms with E-state index in [1.54, 1.807) is 14.2 Å². The number of nitrogens with zero attached hydrogens (tertiary/aromatic N) is 1. The van der Waals surface area contributed by atoms with Crippen molar-refractivity contribution in [1.29, 1.82) is 0 Å². The minimum Gasteiger partial charge on any atom is -0.493 e. The minimum atomic E-state index is 0.695. The van der Waals surface area contributed by atoms with Crippen LogP contribution < -0.4 is 14.8 Å². The summed E-state index contributed by atoms with van der Waals surface area (Å²) < 4.78 is 10.6. The molecule has 2 rings (SSSR count). The number of ether oxygens (including phenoxy) is 2. The Bertz CT molecular complexity index is 553. The first-order valence-electron chi connectivity index (χ1n) is 5.40. The van der Waals surface area contributed by atoms with Crippen molar-refractivity contribution in [1.82, 2.24) is 4.98 Å². The molecule has 0 aliphatic heterocycles. The first-order chi connectivity index (χ1) is 8.19. The molecule has 1 heterocycles. The molecule has 1 N–H and O–H groups in total. The van der Waals surface area contributed by atoms with Gasteiger partial charge >= 0.3 is 0 Å². The van der Waals surface area contributed by atoms with Crippen molar-refractivity contribution in [3.8, 4) is 11.5 Å². The number of fused-ring (bicyclic) bond motifs is 1. The normalized spacial score (nSPS) is 10.4. The Kier molecular flexibility index (Phi) is 3.04. The lowest BCUT2D eigenvalue weighted by Crippen LogP contribution is -1.96. The maximum Gasteiger partial charge on any atom is 0.162 e. The van der Waals surface area contributed by atoms with Crippen molar-refractivity contribution in [2.75, 3.05) is 26.6 Å². The molecule has 0 saturated carbocycles. The third kappa shape index (κ3) is 1.98. The highest BCUT2D eigenvalue weighted by Gasteiger charge is 2.09. The second kappa shape index (κ2) is 4.49. The molecule has 0 saturated heterocycles. The second-order valence-electron chi connectivity index (χ2n) is 3.80. The predicted molar refractivity (Wildman–Crippen MR) is 69.1 cm³/mol. The van der Waals surface area contributed by atoms with Crippen molar-refractivity contribution in [3.05, 3.63) is 23.8 Å². The maximum atomic E-state index is 5.29. The van der Waals surface area contributed by atoms with Crippen LogP contribution >= 0.6 is 0 Å². The Hall–Kier alpha value is -1.97. The van der Waals surface area contributed by atoms with Crippen LogP contribution in [-0.2, 0) is 0 Å². The fraction of sp³-hybridized carbons (Fsp3) is 0.308. The Morgan fingerprint density at radius 3 is 2.29 bits per heavy atom. The average Bonchev–Trinajstić information content (AvgIpc) is 2.36. The van der Waals surface area contributed by atoms with Crippen LogP contribution in [0.1, 0.15) is 5.56 Å². The van der Waals surface area contributed by atoms with Crippen LogP contribution in [0, 0.1) is 6.92 Å². The third-order valence-electron chi connectivity index (χ3n) is 2.78. The molecule has 2 aromatic rings. The number of aryl methyl sites for hydroxylation is 1. The lowest BCUT2D eigenvalue weighted by atomic mass is 10.1. The molecule has 0 aliphatic carbocycles. The number of rotatable bonds is 3. The summed E-state index contributed by atoms with van der Waals surface area (Å²) in [4.78, 5) is 4.49. The molecular weight excluding hydrogens is 216 g/mol. The zero-order chi connectivity index (χ0) is 12.4. The maximum absolute atomic E-state index is 5.29. The molecule has 0 bridgehead atoms. The highest BCUT2D eigenvalue weighted by molar-refractivity contribution is 5.87. The van der Waals surface area contributed by atoms with Crippen molar-refractivity contribution in [2.24, 2.45) is 0 Å². The highest BCUT2D eigenvalue weighted by Crippen LogP contribution is 2.33. The Labute approximate surface area is 101 Å². The summed E-state index contributed by atoms with van der Waals surface area (Å²) in [6, 6.07) is 5.85. The molecule has 0 unspecified atom stereocenters. The topological polar surface area (TPSA) is 43.4 Å². The number of hydrogen-bond acceptors (Lipinski definition) is 4. The quantitative estimate of drug-likeness (QED) is 0.883. The largest absolute Gasteiger partial charge is 0.493 e. The third-order valence-corrected chi connectivity index (χ3v) is 2.78. The van der Waals surface area contributed by atoms with Gasteiger partial charge in [0, 0.05) is 18.5 Å². The summed E-state index contributed by atoms with van der Waals surface area (Å²) in [5, 5.41) is 4.11. The average molecular weight is 232 g/mol. The second-order valence-corrected chi connectivity index (χ2v) is 3.80. The van der Waals surface area contributed by atoms with Gasteiger partial charge in [-0.25, -0.2) is 4.98 Å². The van der Waals surface area contributed by atoms with Crippen LogP contribution in [0.15, 0.2) is 18.2 Å². The van der Waals surface area contributed by atoms with E-state index in [-0.39, 0.29) is 0 Å². The molecule has 0 spiro atoms. The van der Waals surface area contributed by atoms with E-state index in [1.807, 2.05) is 25.2 Å². The molecule has 0 aliphatic rings. The SMILES string of the molecule is CNc1cc(C)c2cc(OC)c(OC)cc2n1. The number of pyridine rings is 1. The fourth-order valence-electron chi connectivity index (χ4n) is 1.85. The van der Waals surface area contributed by atoms with E-state index in [4.69, 9.17) is 9.47 Å². The molecule has 0 radical (unpaired) electrons. The van der Waals surface area contributed by atoms with Crippen molar-refractivity contribution in [2.45, 2.75) is 6.92 Å². The van der Waals surface area contributed by atoms with Crippen LogP contribution in [0.5, 0.6) is 11.5 Å². The lowest BCUT2D eigenvalue weighted by molar-refractivity contribution is 0.356.